The van der Waals surface area contributed by atoms with Gasteiger partial charge < -0.3 is 24.8 Å². The highest BCUT2D eigenvalue weighted by Crippen LogP contribution is 2.29. The lowest BCUT2D eigenvalue weighted by atomic mass is 10.1. The molecule has 1 aliphatic rings. The molecule has 0 unspecified atom stereocenters. The van der Waals surface area contributed by atoms with Crippen molar-refractivity contribution in [3.8, 4) is 11.5 Å². The van der Waals surface area contributed by atoms with Gasteiger partial charge in [0, 0.05) is 24.5 Å². The van der Waals surface area contributed by atoms with Crippen LogP contribution in [0.1, 0.15) is 11.1 Å². The maximum absolute atomic E-state index is 12.7. The smallest absolute Gasteiger partial charge is 0.496 e. The first-order valence-corrected chi connectivity index (χ1v) is 10.6. The lowest BCUT2D eigenvalue weighted by molar-refractivity contribution is -0.274. The molecule has 2 atom stereocenters. The molecule has 2 N–H and O–H groups in total. The van der Waals surface area contributed by atoms with Gasteiger partial charge in [-0.25, -0.2) is 4.98 Å². The van der Waals surface area contributed by atoms with Crippen molar-refractivity contribution in [2.24, 2.45) is 0 Å². The van der Waals surface area contributed by atoms with E-state index in [1.807, 2.05) is 25.1 Å². The summed E-state index contributed by atoms with van der Waals surface area (Å²) < 4.78 is 46.2. The number of alkyl halides is 3. The zero-order valence-electron chi connectivity index (χ0n) is 18.6. The van der Waals surface area contributed by atoms with Crippen molar-refractivity contribution in [1.29, 1.82) is 0 Å². The topological polar surface area (TPSA) is 83.9 Å². The number of aliphatic hydroxyl groups excluding tert-OH is 1. The lowest BCUT2D eigenvalue weighted by Gasteiger charge is -2.18. The maximum atomic E-state index is 12.7. The molecular weight excluding hydrogens is 451 g/mol. The number of aromatic nitrogens is 1. The van der Waals surface area contributed by atoms with Crippen LogP contribution in [0.4, 0.5) is 19.0 Å². The predicted octanol–water partition coefficient (Wildman–Crippen LogP) is 3.68. The first-order valence-electron chi connectivity index (χ1n) is 10.6. The third-order valence-corrected chi connectivity index (χ3v) is 5.63. The lowest BCUT2D eigenvalue weighted by Crippen LogP contribution is -2.33. The minimum atomic E-state index is -4.77. The van der Waals surface area contributed by atoms with E-state index in [1.165, 1.54) is 29.2 Å². The Morgan fingerprint density at radius 2 is 1.91 bits per heavy atom. The number of amides is 1. The largest absolute Gasteiger partial charge is 0.573 e. The number of pyridine rings is 1. The number of fused-ring (bicyclic) bond motifs is 1. The number of aryl methyl sites for hydroxylation is 1. The summed E-state index contributed by atoms with van der Waals surface area (Å²) in [5, 5.41) is 14.6. The van der Waals surface area contributed by atoms with Crippen molar-refractivity contribution in [3.05, 3.63) is 59.7 Å². The van der Waals surface area contributed by atoms with Crippen LogP contribution in [0, 0.1) is 6.92 Å². The monoisotopic (exact) mass is 475 g/mol. The molecule has 180 valence electrons. The Labute approximate surface area is 194 Å². The number of benzene rings is 2. The molecule has 0 saturated carbocycles. The number of nitrogens with zero attached hydrogens (tertiary/aromatic N) is 2. The molecule has 1 aliphatic heterocycles. The molecule has 1 aromatic heterocycles. The average molecular weight is 475 g/mol. The van der Waals surface area contributed by atoms with Crippen molar-refractivity contribution in [1.82, 2.24) is 9.88 Å². The number of halogens is 3. The quantitative estimate of drug-likeness (QED) is 0.566. The molecule has 2 heterocycles. The van der Waals surface area contributed by atoms with Gasteiger partial charge in [-0.05, 0) is 36.8 Å². The van der Waals surface area contributed by atoms with Gasteiger partial charge in [0.15, 0.2) is 0 Å². The minimum absolute atomic E-state index is 0.00681. The maximum Gasteiger partial charge on any atom is 0.573 e. The number of nitrogens with one attached hydrogen (secondary N) is 1. The second kappa shape index (κ2) is 9.38. The van der Waals surface area contributed by atoms with Crippen LogP contribution in [0.25, 0.3) is 10.9 Å². The fourth-order valence-corrected chi connectivity index (χ4v) is 3.97. The van der Waals surface area contributed by atoms with E-state index in [-0.39, 0.29) is 31.2 Å². The summed E-state index contributed by atoms with van der Waals surface area (Å²) in [6.07, 6.45) is -5.59. The number of anilines is 1. The van der Waals surface area contributed by atoms with Gasteiger partial charge >= 0.3 is 6.36 Å². The van der Waals surface area contributed by atoms with Crippen molar-refractivity contribution in [3.63, 3.8) is 0 Å². The normalized spacial score (nSPS) is 18.2. The molecule has 3 aromatic rings. The van der Waals surface area contributed by atoms with Crippen molar-refractivity contribution < 1.29 is 32.5 Å². The summed E-state index contributed by atoms with van der Waals surface area (Å²) in [7, 11) is 1.58. The second-order valence-electron chi connectivity index (χ2n) is 8.22. The van der Waals surface area contributed by atoms with Crippen molar-refractivity contribution in [2.75, 3.05) is 25.5 Å². The van der Waals surface area contributed by atoms with E-state index < -0.39 is 18.5 Å². The Morgan fingerprint density at radius 3 is 2.59 bits per heavy atom. The highest BCUT2D eigenvalue weighted by molar-refractivity contribution is 5.87. The molecule has 7 nitrogen and oxygen atoms in total. The fourth-order valence-electron chi connectivity index (χ4n) is 3.97. The average Bonchev–Trinajstić information content (AvgIpc) is 3.14. The van der Waals surface area contributed by atoms with Crippen LogP contribution in [0.2, 0.25) is 0 Å². The van der Waals surface area contributed by atoms with Gasteiger partial charge in [-0.15, -0.1) is 13.2 Å². The number of likely N-dealkylation sites (tertiary alicyclic amines) is 1. The Bertz CT molecular complexity index is 1180. The minimum Gasteiger partial charge on any atom is -0.496 e. The van der Waals surface area contributed by atoms with Crippen molar-refractivity contribution in [2.45, 2.75) is 31.9 Å². The fraction of sp³-hybridized carbons (Fsp3) is 0.333. The first kappa shape index (κ1) is 23.6. The molecule has 0 spiro atoms. The Hall–Kier alpha value is -3.53. The summed E-state index contributed by atoms with van der Waals surface area (Å²) in [6.45, 7) is 2.37. The van der Waals surface area contributed by atoms with Gasteiger partial charge in [-0.1, -0.05) is 23.8 Å². The zero-order valence-corrected chi connectivity index (χ0v) is 18.6. The molecule has 1 fully saturated rings. The predicted molar refractivity (Wildman–Crippen MR) is 120 cm³/mol. The van der Waals surface area contributed by atoms with Gasteiger partial charge in [0.25, 0.3) is 0 Å². The number of carbonyl (C=O) groups is 1. The number of aliphatic hydroxyl groups is 1. The number of carbonyl (C=O) groups excluding carboxylic acids is 1. The highest BCUT2D eigenvalue weighted by Gasteiger charge is 2.34. The summed E-state index contributed by atoms with van der Waals surface area (Å²) in [5.41, 5.74) is 2.36. The Balaban J connectivity index is 1.40. The zero-order chi connectivity index (χ0) is 24.5. The van der Waals surface area contributed by atoms with E-state index in [9.17, 15) is 23.1 Å². The van der Waals surface area contributed by atoms with E-state index >= 15 is 0 Å². The molecule has 1 saturated heterocycles. The Kier molecular flexibility index (Phi) is 6.52. The van der Waals surface area contributed by atoms with Gasteiger partial charge in [0.1, 0.15) is 17.3 Å². The standard InChI is InChI=1S/C24H24F3N3O4/c1-14-3-8-18-17(9-14)21(33-2)11-22(28-18)29-19-12-30(13-20(19)31)23(32)10-15-4-6-16(7-5-15)34-24(25,26)27/h3-9,11,19-20,31H,10,12-13H2,1-2H3,(H,28,29)/t19-,20-/m1/s1. The molecule has 0 bridgehead atoms. The second-order valence-corrected chi connectivity index (χ2v) is 8.22. The van der Waals surface area contributed by atoms with E-state index in [2.05, 4.69) is 15.0 Å². The molecule has 0 aliphatic carbocycles. The van der Waals surface area contributed by atoms with Crippen molar-refractivity contribution >= 4 is 22.6 Å². The Morgan fingerprint density at radius 1 is 1.18 bits per heavy atom. The van der Waals surface area contributed by atoms with Crippen LogP contribution in [0.5, 0.6) is 11.5 Å². The summed E-state index contributed by atoms with van der Waals surface area (Å²) in [6, 6.07) is 12.3. The van der Waals surface area contributed by atoms with Crippen LogP contribution in [-0.4, -0.2) is 59.6 Å². The number of rotatable bonds is 6. The molecule has 34 heavy (non-hydrogen) atoms. The van der Waals surface area contributed by atoms with Crippen LogP contribution >= 0.6 is 0 Å². The summed E-state index contributed by atoms with van der Waals surface area (Å²) in [4.78, 5) is 18.8. The van der Waals surface area contributed by atoms with E-state index in [4.69, 9.17) is 4.74 Å². The highest BCUT2D eigenvalue weighted by atomic mass is 19.4. The number of hydrogen-bond acceptors (Lipinski definition) is 6. The van der Waals surface area contributed by atoms with Crippen LogP contribution in [-0.2, 0) is 11.2 Å². The van der Waals surface area contributed by atoms with Gasteiger partial charge in [0.2, 0.25) is 5.91 Å². The molecule has 2 aromatic carbocycles. The summed E-state index contributed by atoms with van der Waals surface area (Å²) >= 11 is 0. The first-order chi connectivity index (χ1) is 16.1. The number of ether oxygens (including phenoxy) is 2. The molecular formula is C24H24F3N3O4. The van der Waals surface area contributed by atoms with Gasteiger partial charge in [-0.2, -0.15) is 0 Å². The molecule has 0 radical (unpaired) electrons. The van der Waals surface area contributed by atoms with E-state index in [0.717, 1.165) is 16.5 Å². The molecule has 1 amide bonds. The van der Waals surface area contributed by atoms with E-state index in [0.29, 0.717) is 17.1 Å². The number of hydrogen-bond donors (Lipinski definition) is 2. The number of methoxy groups -OCH3 is 1. The molecule has 4 rings (SSSR count). The third-order valence-electron chi connectivity index (χ3n) is 5.63. The molecule has 10 heteroatoms. The van der Waals surface area contributed by atoms with E-state index in [1.54, 1.807) is 13.2 Å². The van der Waals surface area contributed by atoms with Crippen LogP contribution in [0.3, 0.4) is 0 Å². The van der Waals surface area contributed by atoms with Gasteiger partial charge in [-0.3, -0.25) is 4.79 Å². The number of β-amino-alcohol motifs (C(OH)–C–C–N with tert-alkyl or cyclic N) is 1. The third kappa shape index (κ3) is 5.51. The summed E-state index contributed by atoms with van der Waals surface area (Å²) in [5.74, 6) is 0.576. The van der Waals surface area contributed by atoms with Gasteiger partial charge in [0.05, 0.1) is 31.2 Å². The van der Waals surface area contributed by atoms with Crippen LogP contribution < -0.4 is 14.8 Å². The SMILES string of the molecule is COc1cc(N[C@@H]2CN(C(=O)Cc3ccc(OC(F)(F)F)cc3)C[C@H]2O)nc2ccc(C)cc12. The van der Waals surface area contributed by atoms with Crippen LogP contribution in [0.15, 0.2) is 48.5 Å².